The van der Waals surface area contributed by atoms with E-state index in [9.17, 15) is 18.0 Å². The van der Waals surface area contributed by atoms with E-state index in [0.717, 1.165) is 12.0 Å². The zero-order valence-electron chi connectivity index (χ0n) is 19.0. The number of hydrogen-bond donors (Lipinski definition) is 2. The lowest BCUT2D eigenvalue weighted by molar-refractivity contribution is -0.118. The third-order valence-electron chi connectivity index (χ3n) is 6.00. The molecule has 0 spiro atoms. The number of piperidine rings is 1. The smallest absolute Gasteiger partial charge is 0.251 e. The zero-order chi connectivity index (χ0) is 24.0. The number of carbonyl (C=O) groups is 2. The van der Waals surface area contributed by atoms with Crippen molar-refractivity contribution >= 4 is 21.8 Å². The summed E-state index contributed by atoms with van der Waals surface area (Å²) in [7, 11) is -3.71. The van der Waals surface area contributed by atoms with Gasteiger partial charge in [0.25, 0.3) is 5.91 Å². The van der Waals surface area contributed by atoms with Gasteiger partial charge in [-0.1, -0.05) is 50.8 Å². The second kappa shape index (κ2) is 10.8. The van der Waals surface area contributed by atoms with Crippen molar-refractivity contribution < 1.29 is 18.0 Å². The molecule has 2 atom stereocenters. The fraction of sp³-hybridized carbons (Fsp3) is 0.360. The Bertz CT molecular complexity index is 1070. The molecule has 1 fully saturated rings. The van der Waals surface area contributed by atoms with Crippen LogP contribution in [0.3, 0.4) is 0 Å². The Balaban J connectivity index is 1.61. The van der Waals surface area contributed by atoms with Crippen molar-refractivity contribution in [2.75, 3.05) is 19.6 Å². The molecule has 0 aliphatic carbocycles. The fourth-order valence-corrected chi connectivity index (χ4v) is 5.84. The summed E-state index contributed by atoms with van der Waals surface area (Å²) in [5.74, 6) is -0.604. The van der Waals surface area contributed by atoms with E-state index in [4.69, 9.17) is 0 Å². The van der Waals surface area contributed by atoms with Gasteiger partial charge >= 0.3 is 0 Å². The van der Waals surface area contributed by atoms with Gasteiger partial charge in [0, 0.05) is 31.2 Å². The third-order valence-corrected chi connectivity index (χ3v) is 7.85. The molecule has 1 saturated heterocycles. The van der Waals surface area contributed by atoms with Gasteiger partial charge in [-0.25, -0.2) is 8.42 Å². The highest BCUT2D eigenvalue weighted by molar-refractivity contribution is 7.89. The summed E-state index contributed by atoms with van der Waals surface area (Å²) in [6.45, 7) is 8.42. The van der Waals surface area contributed by atoms with Crippen molar-refractivity contribution in [1.82, 2.24) is 14.9 Å². The average molecular weight is 470 g/mol. The summed E-state index contributed by atoms with van der Waals surface area (Å²) >= 11 is 0. The van der Waals surface area contributed by atoms with E-state index in [0.29, 0.717) is 25.2 Å². The molecular formula is C25H31N3O4S. The minimum absolute atomic E-state index is 0.0536. The number of amides is 2. The van der Waals surface area contributed by atoms with Crippen LogP contribution in [0.2, 0.25) is 0 Å². The van der Waals surface area contributed by atoms with E-state index in [-0.39, 0.29) is 34.6 Å². The van der Waals surface area contributed by atoms with Gasteiger partial charge < -0.3 is 10.6 Å². The van der Waals surface area contributed by atoms with E-state index in [1.54, 1.807) is 0 Å². The number of hydrogen-bond acceptors (Lipinski definition) is 4. The van der Waals surface area contributed by atoms with Crippen LogP contribution in [0.25, 0.3) is 0 Å². The molecule has 1 heterocycles. The lowest BCUT2D eigenvalue weighted by atomic mass is 9.87. The molecule has 3 rings (SSSR count). The maximum Gasteiger partial charge on any atom is 0.251 e. The third kappa shape index (κ3) is 6.09. The highest BCUT2D eigenvalue weighted by atomic mass is 32.2. The summed E-state index contributed by atoms with van der Waals surface area (Å²) in [5, 5.41) is 5.77. The van der Waals surface area contributed by atoms with E-state index >= 15 is 0 Å². The van der Waals surface area contributed by atoms with Crippen LogP contribution >= 0.6 is 0 Å². The minimum Gasteiger partial charge on any atom is -0.352 e. The van der Waals surface area contributed by atoms with Crippen LogP contribution in [0, 0.1) is 11.8 Å². The fourth-order valence-electron chi connectivity index (χ4n) is 4.20. The Hall–Kier alpha value is -2.97. The van der Waals surface area contributed by atoms with Crippen LogP contribution in [0.5, 0.6) is 0 Å². The maximum atomic E-state index is 13.2. The van der Waals surface area contributed by atoms with Gasteiger partial charge in [-0.3, -0.25) is 9.59 Å². The van der Waals surface area contributed by atoms with E-state index in [1.807, 2.05) is 44.2 Å². The monoisotopic (exact) mass is 469 g/mol. The molecule has 2 aromatic carbocycles. The molecule has 0 radical (unpaired) electrons. The Morgan fingerprint density at radius 2 is 1.64 bits per heavy atom. The summed E-state index contributed by atoms with van der Waals surface area (Å²) in [6, 6.07) is 15.8. The molecule has 2 aromatic rings. The summed E-state index contributed by atoms with van der Waals surface area (Å²) in [6.07, 6.45) is 1.94. The first-order valence-corrected chi connectivity index (χ1v) is 12.5. The maximum absolute atomic E-state index is 13.2. The van der Waals surface area contributed by atoms with Crippen LogP contribution in [0.1, 0.15) is 29.8 Å². The predicted molar refractivity (Wildman–Crippen MR) is 128 cm³/mol. The van der Waals surface area contributed by atoms with Crippen LogP contribution in [-0.2, 0) is 21.2 Å². The first-order valence-electron chi connectivity index (χ1n) is 11.1. The Kier molecular flexibility index (Phi) is 8.05. The molecule has 2 N–H and O–H groups in total. The molecule has 1 aliphatic heterocycles. The SMILES string of the molecule is C=CC(=O)NC1C(C)CN(S(=O)(=O)c2ccc(C(=O)NCCc3ccccc3)cc2)CC1C. The highest BCUT2D eigenvalue weighted by Gasteiger charge is 2.38. The largest absolute Gasteiger partial charge is 0.352 e. The second-order valence-electron chi connectivity index (χ2n) is 8.53. The number of carbonyl (C=O) groups excluding carboxylic acids is 2. The minimum atomic E-state index is -3.71. The molecule has 2 amide bonds. The number of rotatable bonds is 8. The summed E-state index contributed by atoms with van der Waals surface area (Å²) in [5.41, 5.74) is 1.55. The van der Waals surface area contributed by atoms with Gasteiger partial charge in [0.2, 0.25) is 15.9 Å². The molecule has 33 heavy (non-hydrogen) atoms. The van der Waals surface area contributed by atoms with Crippen molar-refractivity contribution in [3.8, 4) is 0 Å². The standard InChI is InChI=1S/C25H31N3O4S/c1-4-23(29)27-24-18(2)16-28(17-19(24)3)33(31,32)22-12-10-21(11-13-22)25(30)26-15-14-20-8-6-5-7-9-20/h4-13,18-19,24H,1,14-17H2,2-3H3,(H,26,30)(H,27,29). The van der Waals surface area contributed by atoms with Crippen LogP contribution in [0.4, 0.5) is 0 Å². The van der Waals surface area contributed by atoms with Crippen LogP contribution < -0.4 is 10.6 Å². The molecular weight excluding hydrogens is 438 g/mol. The number of nitrogens with one attached hydrogen (secondary N) is 2. The topological polar surface area (TPSA) is 95.6 Å². The molecule has 1 aliphatic rings. The van der Waals surface area contributed by atoms with Gasteiger partial charge in [-0.05, 0) is 54.2 Å². The molecule has 0 aromatic heterocycles. The first kappa shape index (κ1) is 24.7. The molecule has 8 heteroatoms. The lowest BCUT2D eigenvalue weighted by Crippen LogP contribution is -2.55. The number of nitrogens with zero attached hydrogens (tertiary/aromatic N) is 1. The van der Waals surface area contributed by atoms with Crippen molar-refractivity contribution in [2.45, 2.75) is 31.2 Å². The molecule has 176 valence electrons. The zero-order valence-corrected chi connectivity index (χ0v) is 19.8. The molecule has 7 nitrogen and oxygen atoms in total. The number of sulfonamides is 1. The van der Waals surface area contributed by atoms with Crippen LogP contribution in [-0.4, -0.2) is 50.2 Å². The van der Waals surface area contributed by atoms with Crippen molar-refractivity contribution in [1.29, 1.82) is 0 Å². The van der Waals surface area contributed by atoms with Gasteiger partial charge in [0.05, 0.1) is 4.90 Å². The van der Waals surface area contributed by atoms with E-state index < -0.39 is 10.0 Å². The van der Waals surface area contributed by atoms with E-state index in [2.05, 4.69) is 17.2 Å². The Morgan fingerprint density at radius 1 is 1.03 bits per heavy atom. The molecule has 2 unspecified atom stereocenters. The predicted octanol–water partition coefficient (Wildman–Crippen LogP) is 2.61. The molecule has 0 saturated carbocycles. The van der Waals surface area contributed by atoms with E-state index in [1.165, 1.54) is 34.6 Å². The van der Waals surface area contributed by atoms with Crippen molar-refractivity contribution in [2.24, 2.45) is 11.8 Å². The van der Waals surface area contributed by atoms with Crippen LogP contribution in [0.15, 0.2) is 72.1 Å². The summed E-state index contributed by atoms with van der Waals surface area (Å²) in [4.78, 5) is 24.3. The lowest BCUT2D eigenvalue weighted by Gasteiger charge is -2.40. The van der Waals surface area contributed by atoms with Crippen molar-refractivity contribution in [3.05, 3.63) is 78.4 Å². The molecule has 0 bridgehead atoms. The normalized spacial score (nSPS) is 21.2. The Morgan fingerprint density at radius 3 is 2.21 bits per heavy atom. The van der Waals surface area contributed by atoms with Crippen molar-refractivity contribution in [3.63, 3.8) is 0 Å². The number of benzene rings is 2. The van der Waals surface area contributed by atoms with Gasteiger partial charge in [0.15, 0.2) is 0 Å². The first-order chi connectivity index (χ1) is 15.7. The quantitative estimate of drug-likeness (QED) is 0.581. The van der Waals surface area contributed by atoms with Gasteiger partial charge in [-0.15, -0.1) is 0 Å². The van der Waals surface area contributed by atoms with Gasteiger partial charge in [0.1, 0.15) is 0 Å². The van der Waals surface area contributed by atoms with Gasteiger partial charge in [-0.2, -0.15) is 4.31 Å². The average Bonchev–Trinajstić information content (AvgIpc) is 2.81. The highest BCUT2D eigenvalue weighted by Crippen LogP contribution is 2.27. The second-order valence-corrected chi connectivity index (χ2v) is 10.5. The Labute approximate surface area is 195 Å². The summed E-state index contributed by atoms with van der Waals surface area (Å²) < 4.78 is 27.8.